The third kappa shape index (κ3) is 2.70. The van der Waals surface area contributed by atoms with E-state index in [9.17, 15) is 15.0 Å². The van der Waals surface area contributed by atoms with Crippen LogP contribution >= 0.6 is 0 Å². The highest BCUT2D eigenvalue weighted by Gasteiger charge is 2.33. The maximum absolute atomic E-state index is 11.8. The van der Waals surface area contributed by atoms with E-state index in [4.69, 9.17) is 4.74 Å². The van der Waals surface area contributed by atoms with Gasteiger partial charge in [0.25, 0.3) is 0 Å². The average molecular weight is 230 g/mol. The second-order valence-corrected chi connectivity index (χ2v) is 4.36. The van der Waals surface area contributed by atoms with Crippen LogP contribution in [0.25, 0.3) is 0 Å². The summed E-state index contributed by atoms with van der Waals surface area (Å²) in [7, 11) is 0. The lowest BCUT2D eigenvalue weighted by Crippen LogP contribution is -2.45. The molecule has 3 atom stereocenters. The largest absolute Gasteiger partial charge is 0.388 e. The number of carbonyl (C=O) groups excluding carboxylic acids is 1. The normalized spacial score (nSPS) is 35.4. The van der Waals surface area contributed by atoms with Gasteiger partial charge in [0.05, 0.1) is 25.4 Å². The van der Waals surface area contributed by atoms with Crippen LogP contribution in [0.15, 0.2) is 0 Å². The molecule has 6 heteroatoms. The van der Waals surface area contributed by atoms with E-state index in [2.05, 4.69) is 5.32 Å². The van der Waals surface area contributed by atoms with Crippen LogP contribution in [0.5, 0.6) is 0 Å². The predicted octanol–water partition coefficient (Wildman–Crippen LogP) is -2.07. The summed E-state index contributed by atoms with van der Waals surface area (Å²) in [6.45, 7) is 2.46. The first-order valence-corrected chi connectivity index (χ1v) is 5.62. The molecule has 2 saturated heterocycles. The van der Waals surface area contributed by atoms with Crippen molar-refractivity contribution in [2.45, 2.75) is 24.7 Å². The number of carbonyl (C=O) groups is 1. The summed E-state index contributed by atoms with van der Waals surface area (Å²) in [5, 5.41) is 21.9. The van der Waals surface area contributed by atoms with Gasteiger partial charge in [-0.1, -0.05) is 0 Å². The van der Waals surface area contributed by atoms with Crippen molar-refractivity contribution in [3.05, 3.63) is 0 Å². The number of hydrogen-bond acceptors (Lipinski definition) is 5. The van der Waals surface area contributed by atoms with Gasteiger partial charge >= 0.3 is 0 Å². The first kappa shape index (κ1) is 11.8. The maximum atomic E-state index is 11.8. The molecule has 2 fully saturated rings. The van der Waals surface area contributed by atoms with Crippen LogP contribution in [-0.4, -0.2) is 72.1 Å². The molecule has 0 radical (unpaired) electrons. The molecule has 3 N–H and O–H groups in total. The summed E-state index contributed by atoms with van der Waals surface area (Å²) in [4.78, 5) is 13.3. The first-order valence-electron chi connectivity index (χ1n) is 5.62. The molecule has 16 heavy (non-hydrogen) atoms. The van der Waals surface area contributed by atoms with Crippen molar-refractivity contribution >= 4 is 5.91 Å². The lowest BCUT2D eigenvalue weighted by Gasteiger charge is -2.25. The van der Waals surface area contributed by atoms with E-state index in [1.807, 2.05) is 0 Å². The van der Waals surface area contributed by atoms with Gasteiger partial charge in [0.1, 0.15) is 0 Å². The summed E-state index contributed by atoms with van der Waals surface area (Å²) in [5.74, 6) is -0.0430. The highest BCUT2D eigenvalue weighted by Crippen LogP contribution is 2.12. The molecule has 2 rings (SSSR count). The Morgan fingerprint density at radius 1 is 1.38 bits per heavy atom. The highest BCUT2D eigenvalue weighted by molar-refractivity contribution is 5.77. The molecule has 0 saturated carbocycles. The van der Waals surface area contributed by atoms with Gasteiger partial charge in [-0.3, -0.25) is 4.79 Å². The molecular weight excluding hydrogens is 212 g/mol. The van der Waals surface area contributed by atoms with Gasteiger partial charge in [0.2, 0.25) is 5.91 Å². The Kier molecular flexibility index (Phi) is 3.75. The van der Waals surface area contributed by atoms with Crippen molar-refractivity contribution in [1.82, 2.24) is 10.2 Å². The number of β-amino-alcohol motifs (C(OH)–C–C–N with tert-alkyl or cyclic N) is 2. The van der Waals surface area contributed by atoms with Crippen LogP contribution in [0.4, 0.5) is 0 Å². The molecule has 1 unspecified atom stereocenters. The number of nitrogens with zero attached hydrogens (tertiary/aromatic N) is 1. The summed E-state index contributed by atoms with van der Waals surface area (Å²) >= 11 is 0. The van der Waals surface area contributed by atoms with E-state index in [1.165, 1.54) is 4.90 Å². The van der Waals surface area contributed by atoms with Crippen LogP contribution in [0, 0.1) is 0 Å². The Morgan fingerprint density at radius 3 is 2.62 bits per heavy atom. The Bertz CT molecular complexity index is 245. The van der Waals surface area contributed by atoms with Gasteiger partial charge in [-0.25, -0.2) is 0 Å². The Balaban J connectivity index is 1.79. The van der Waals surface area contributed by atoms with Crippen LogP contribution in [0.1, 0.15) is 6.42 Å². The standard InChI is InChI=1S/C10H18N2O4/c13-8-4-12(5-9(8)14)10(15)3-7-6-16-2-1-11-7/h7-9,11,13-14H,1-6H2/t7?,8-,9+. The Hall–Kier alpha value is -0.690. The van der Waals surface area contributed by atoms with Gasteiger partial charge in [-0.05, 0) is 0 Å². The number of aliphatic hydroxyl groups excluding tert-OH is 2. The minimum atomic E-state index is -0.806. The predicted molar refractivity (Wildman–Crippen MR) is 55.8 cm³/mol. The molecule has 0 spiro atoms. The molecule has 0 aliphatic carbocycles. The fourth-order valence-corrected chi connectivity index (χ4v) is 2.06. The molecule has 1 amide bonds. The minimum Gasteiger partial charge on any atom is -0.388 e. The molecule has 2 aliphatic rings. The first-order chi connectivity index (χ1) is 7.66. The van der Waals surface area contributed by atoms with E-state index >= 15 is 0 Å². The number of rotatable bonds is 2. The highest BCUT2D eigenvalue weighted by atomic mass is 16.5. The van der Waals surface area contributed by atoms with Crippen molar-refractivity contribution in [1.29, 1.82) is 0 Å². The van der Waals surface area contributed by atoms with Crippen LogP contribution in [0.3, 0.4) is 0 Å². The second-order valence-electron chi connectivity index (χ2n) is 4.36. The Morgan fingerprint density at radius 2 is 2.06 bits per heavy atom. The molecule has 92 valence electrons. The van der Waals surface area contributed by atoms with Crippen LogP contribution < -0.4 is 5.32 Å². The van der Waals surface area contributed by atoms with E-state index in [0.29, 0.717) is 19.6 Å². The molecule has 2 aliphatic heterocycles. The monoisotopic (exact) mass is 230 g/mol. The molecule has 0 aromatic heterocycles. The zero-order valence-corrected chi connectivity index (χ0v) is 9.13. The molecule has 6 nitrogen and oxygen atoms in total. The lowest BCUT2D eigenvalue weighted by atomic mass is 10.2. The number of likely N-dealkylation sites (tertiary alicyclic amines) is 1. The van der Waals surface area contributed by atoms with E-state index in [0.717, 1.165) is 6.54 Å². The third-order valence-electron chi connectivity index (χ3n) is 3.03. The minimum absolute atomic E-state index is 0.0430. The molecule has 0 bridgehead atoms. The molecule has 0 aromatic carbocycles. The van der Waals surface area contributed by atoms with Crippen LogP contribution in [0.2, 0.25) is 0 Å². The van der Waals surface area contributed by atoms with Gasteiger partial charge in [-0.2, -0.15) is 0 Å². The van der Waals surface area contributed by atoms with Gasteiger partial charge in [-0.15, -0.1) is 0 Å². The van der Waals surface area contributed by atoms with E-state index < -0.39 is 12.2 Å². The van der Waals surface area contributed by atoms with Crippen molar-refractivity contribution in [2.75, 3.05) is 32.8 Å². The smallest absolute Gasteiger partial charge is 0.224 e. The van der Waals surface area contributed by atoms with Gasteiger partial charge in [0.15, 0.2) is 0 Å². The van der Waals surface area contributed by atoms with E-state index in [1.54, 1.807) is 0 Å². The number of ether oxygens (including phenoxy) is 1. The number of hydrogen-bond donors (Lipinski definition) is 3. The average Bonchev–Trinajstić information content (AvgIpc) is 2.61. The summed E-state index contributed by atoms with van der Waals surface area (Å²) in [5.41, 5.74) is 0. The molecular formula is C10H18N2O4. The number of morpholine rings is 1. The molecule has 2 heterocycles. The zero-order chi connectivity index (χ0) is 11.5. The van der Waals surface area contributed by atoms with Crippen molar-refractivity contribution in [2.24, 2.45) is 0 Å². The summed E-state index contributed by atoms with van der Waals surface area (Å²) < 4.78 is 5.26. The maximum Gasteiger partial charge on any atom is 0.224 e. The fourth-order valence-electron chi connectivity index (χ4n) is 2.06. The topological polar surface area (TPSA) is 82.0 Å². The van der Waals surface area contributed by atoms with Crippen molar-refractivity contribution in [3.8, 4) is 0 Å². The molecule has 0 aromatic rings. The number of amides is 1. The lowest BCUT2D eigenvalue weighted by molar-refractivity contribution is -0.131. The number of nitrogens with one attached hydrogen (secondary N) is 1. The SMILES string of the molecule is O=C(CC1COCCN1)N1C[C@@H](O)[C@@H](O)C1. The second kappa shape index (κ2) is 5.09. The van der Waals surface area contributed by atoms with Crippen LogP contribution in [-0.2, 0) is 9.53 Å². The Labute approximate surface area is 94.2 Å². The van der Waals surface area contributed by atoms with Gasteiger partial charge in [0, 0.05) is 32.1 Å². The summed E-state index contributed by atoms with van der Waals surface area (Å²) in [6.07, 6.45) is -1.25. The fraction of sp³-hybridized carbons (Fsp3) is 0.900. The quantitative estimate of drug-likeness (QED) is 0.507. The number of aliphatic hydroxyl groups is 2. The van der Waals surface area contributed by atoms with Crippen molar-refractivity contribution < 1.29 is 19.7 Å². The third-order valence-corrected chi connectivity index (χ3v) is 3.03. The van der Waals surface area contributed by atoms with E-state index in [-0.39, 0.29) is 25.0 Å². The van der Waals surface area contributed by atoms with Crippen molar-refractivity contribution in [3.63, 3.8) is 0 Å². The summed E-state index contributed by atoms with van der Waals surface area (Å²) in [6, 6.07) is 0.0520. The van der Waals surface area contributed by atoms with Gasteiger partial charge < -0.3 is 25.2 Å². The zero-order valence-electron chi connectivity index (χ0n) is 9.13.